The van der Waals surface area contributed by atoms with Crippen LogP contribution in [0.25, 0.3) is 0 Å². The van der Waals surface area contributed by atoms with Crippen LogP contribution >= 0.6 is 27.5 Å². The molecule has 0 saturated heterocycles. The lowest BCUT2D eigenvalue weighted by Crippen LogP contribution is -2.74. The average Bonchev–Trinajstić information content (AvgIpc) is 2.29. The fraction of sp³-hybridized carbons (Fsp3) is 0. The zero-order valence-electron chi connectivity index (χ0n) is 8.56. The molecular weight excluding hydrogens is 307 g/mol. The van der Waals surface area contributed by atoms with E-state index in [0.29, 0.717) is 11.5 Å². The molecule has 88 valence electrons. The number of halogens is 2. The standard InChI is InChI=1S/C10H8BrClN4O/c11-6-2-1-3-7(4-6)14-9-8(16-17)5-13-10(12)15-9/h1-5,16-17H,(H,13,14,15)/p+1. The van der Waals surface area contributed by atoms with Gasteiger partial charge in [0.25, 0.3) is 0 Å². The van der Waals surface area contributed by atoms with Crippen molar-refractivity contribution < 1.29 is 10.7 Å². The third-order valence-electron chi connectivity index (χ3n) is 2.01. The lowest BCUT2D eigenvalue weighted by atomic mass is 10.3. The van der Waals surface area contributed by atoms with E-state index in [2.05, 4.69) is 31.2 Å². The van der Waals surface area contributed by atoms with Gasteiger partial charge in [-0.05, 0) is 29.8 Å². The fourth-order valence-corrected chi connectivity index (χ4v) is 1.80. The highest BCUT2D eigenvalue weighted by Crippen LogP contribution is 2.22. The van der Waals surface area contributed by atoms with E-state index in [-0.39, 0.29) is 5.28 Å². The molecule has 0 aliphatic rings. The summed E-state index contributed by atoms with van der Waals surface area (Å²) in [5.41, 5.74) is 2.23. The van der Waals surface area contributed by atoms with Gasteiger partial charge in [0.05, 0.1) is 6.20 Å². The molecule has 0 aliphatic heterocycles. The van der Waals surface area contributed by atoms with E-state index >= 15 is 0 Å². The van der Waals surface area contributed by atoms with Crippen LogP contribution in [0.3, 0.4) is 0 Å². The minimum atomic E-state index is 0.119. The normalized spacial score (nSPS) is 10.3. The Labute approximate surface area is 111 Å². The lowest BCUT2D eigenvalue weighted by molar-refractivity contribution is -0.825. The summed E-state index contributed by atoms with van der Waals surface area (Å²) in [6.45, 7) is 0. The maximum atomic E-state index is 9.04. The van der Waals surface area contributed by atoms with Crippen LogP contribution in [-0.2, 0) is 0 Å². The van der Waals surface area contributed by atoms with Crippen molar-refractivity contribution in [1.82, 2.24) is 9.97 Å². The van der Waals surface area contributed by atoms with E-state index in [9.17, 15) is 0 Å². The SMILES string of the molecule is O[NH2+]c1cnc(Cl)nc1Nc1cccc(Br)c1. The first-order chi connectivity index (χ1) is 8.19. The van der Waals surface area contributed by atoms with Crippen molar-refractivity contribution in [1.29, 1.82) is 0 Å². The van der Waals surface area contributed by atoms with Gasteiger partial charge in [0.1, 0.15) is 0 Å². The number of aromatic nitrogens is 2. The van der Waals surface area contributed by atoms with Gasteiger partial charge in [0, 0.05) is 10.2 Å². The molecule has 0 atom stereocenters. The molecule has 0 spiro atoms. The van der Waals surface area contributed by atoms with Crippen molar-refractivity contribution in [3.05, 3.63) is 40.2 Å². The molecule has 0 fully saturated rings. The Morgan fingerprint density at radius 2 is 2.24 bits per heavy atom. The molecule has 4 N–H and O–H groups in total. The highest BCUT2D eigenvalue weighted by molar-refractivity contribution is 9.10. The molecule has 0 saturated carbocycles. The second kappa shape index (κ2) is 5.42. The van der Waals surface area contributed by atoms with E-state index in [4.69, 9.17) is 16.8 Å². The number of quaternary nitrogens is 1. The van der Waals surface area contributed by atoms with Crippen LogP contribution in [0, 0.1) is 0 Å². The topological polar surface area (TPSA) is 74.7 Å². The Kier molecular flexibility index (Phi) is 3.90. The molecule has 0 unspecified atom stereocenters. The van der Waals surface area contributed by atoms with Crippen molar-refractivity contribution in [2.45, 2.75) is 0 Å². The fourth-order valence-electron chi connectivity index (χ4n) is 1.27. The third kappa shape index (κ3) is 3.13. The highest BCUT2D eigenvalue weighted by Gasteiger charge is 2.09. The minimum Gasteiger partial charge on any atom is -0.335 e. The van der Waals surface area contributed by atoms with Gasteiger partial charge in [-0.25, -0.2) is 10.2 Å². The van der Waals surface area contributed by atoms with E-state index < -0.39 is 0 Å². The molecule has 17 heavy (non-hydrogen) atoms. The molecule has 1 aromatic heterocycles. The van der Waals surface area contributed by atoms with Crippen LogP contribution in [0.5, 0.6) is 0 Å². The molecule has 0 bridgehead atoms. The molecule has 2 aromatic rings. The van der Waals surface area contributed by atoms with Crippen LogP contribution in [0.1, 0.15) is 0 Å². The van der Waals surface area contributed by atoms with Crippen LogP contribution in [0.4, 0.5) is 17.2 Å². The number of nitrogens with two attached hydrogens (primary N) is 1. The molecule has 1 heterocycles. The maximum Gasteiger partial charge on any atom is 0.224 e. The van der Waals surface area contributed by atoms with Crippen molar-refractivity contribution in [2.24, 2.45) is 0 Å². The Morgan fingerprint density at radius 3 is 2.94 bits per heavy atom. The smallest absolute Gasteiger partial charge is 0.224 e. The summed E-state index contributed by atoms with van der Waals surface area (Å²) in [5.74, 6) is 0.450. The number of hydrogen-bond acceptors (Lipinski definition) is 4. The van der Waals surface area contributed by atoms with Gasteiger partial charge in [-0.15, -0.1) is 0 Å². The Balaban J connectivity index is 2.32. The summed E-state index contributed by atoms with van der Waals surface area (Å²) in [4.78, 5) is 7.79. The maximum absolute atomic E-state index is 9.04. The summed E-state index contributed by atoms with van der Waals surface area (Å²) in [7, 11) is 0. The Hall–Kier alpha value is -1.21. The molecule has 0 aliphatic carbocycles. The highest BCUT2D eigenvalue weighted by atomic mass is 79.9. The zero-order chi connectivity index (χ0) is 12.3. The number of rotatable bonds is 3. The van der Waals surface area contributed by atoms with Gasteiger partial charge in [0.15, 0.2) is 5.82 Å². The largest absolute Gasteiger partial charge is 0.335 e. The lowest BCUT2D eigenvalue weighted by Gasteiger charge is -2.07. The van der Waals surface area contributed by atoms with Crippen LogP contribution in [-0.4, -0.2) is 15.2 Å². The molecule has 0 radical (unpaired) electrons. The van der Waals surface area contributed by atoms with Gasteiger partial charge in [-0.3, -0.25) is 0 Å². The second-order valence-electron chi connectivity index (χ2n) is 3.21. The third-order valence-corrected chi connectivity index (χ3v) is 2.69. The summed E-state index contributed by atoms with van der Waals surface area (Å²) in [5, 5.41) is 12.2. The first-order valence-electron chi connectivity index (χ1n) is 4.71. The number of nitrogens with one attached hydrogen (secondary N) is 1. The molecule has 2 rings (SSSR count). The Bertz CT molecular complexity index is 537. The number of nitrogens with zero attached hydrogens (tertiary/aromatic N) is 2. The van der Waals surface area contributed by atoms with E-state index in [1.54, 1.807) is 0 Å². The predicted octanol–water partition coefficient (Wildman–Crippen LogP) is 2.22. The minimum absolute atomic E-state index is 0.119. The van der Waals surface area contributed by atoms with Gasteiger partial charge in [-0.1, -0.05) is 22.0 Å². The van der Waals surface area contributed by atoms with Crippen LogP contribution in [0.15, 0.2) is 34.9 Å². The molecular formula is C10H9BrClN4O+. The quantitative estimate of drug-likeness (QED) is 0.599. The number of hydrogen-bond donors (Lipinski definition) is 3. The molecule has 5 nitrogen and oxygen atoms in total. The van der Waals surface area contributed by atoms with Crippen molar-refractivity contribution in [2.75, 3.05) is 5.32 Å². The van der Waals surface area contributed by atoms with Crippen molar-refractivity contribution in [3.63, 3.8) is 0 Å². The second-order valence-corrected chi connectivity index (χ2v) is 4.46. The first kappa shape index (κ1) is 12.3. The molecule has 0 amide bonds. The molecule has 7 heteroatoms. The zero-order valence-corrected chi connectivity index (χ0v) is 10.9. The van der Waals surface area contributed by atoms with E-state index in [1.807, 2.05) is 24.3 Å². The van der Waals surface area contributed by atoms with Crippen LogP contribution < -0.4 is 10.8 Å². The predicted molar refractivity (Wildman–Crippen MR) is 67.8 cm³/mol. The number of anilines is 2. The summed E-state index contributed by atoms with van der Waals surface area (Å²) < 4.78 is 0.942. The molecule has 1 aromatic carbocycles. The number of benzene rings is 1. The van der Waals surface area contributed by atoms with Gasteiger partial charge >= 0.3 is 0 Å². The van der Waals surface area contributed by atoms with E-state index in [1.165, 1.54) is 6.20 Å². The van der Waals surface area contributed by atoms with Crippen LogP contribution in [0.2, 0.25) is 5.28 Å². The van der Waals surface area contributed by atoms with Crippen molar-refractivity contribution >= 4 is 44.7 Å². The summed E-state index contributed by atoms with van der Waals surface area (Å²) >= 11 is 9.07. The Morgan fingerprint density at radius 1 is 1.41 bits per heavy atom. The van der Waals surface area contributed by atoms with Gasteiger partial charge in [-0.2, -0.15) is 10.5 Å². The first-order valence-corrected chi connectivity index (χ1v) is 5.88. The van der Waals surface area contributed by atoms with Crippen molar-refractivity contribution in [3.8, 4) is 0 Å². The average molecular weight is 317 g/mol. The van der Waals surface area contributed by atoms with E-state index in [0.717, 1.165) is 15.6 Å². The summed E-state index contributed by atoms with van der Waals surface area (Å²) in [6, 6.07) is 7.56. The summed E-state index contributed by atoms with van der Waals surface area (Å²) in [6.07, 6.45) is 1.44. The van der Waals surface area contributed by atoms with Gasteiger partial charge in [0.2, 0.25) is 11.0 Å². The van der Waals surface area contributed by atoms with Gasteiger partial charge < -0.3 is 5.32 Å². The monoisotopic (exact) mass is 315 g/mol.